The molecule has 0 spiro atoms. The Kier molecular flexibility index (Phi) is 11.5. The summed E-state index contributed by atoms with van der Waals surface area (Å²) in [6.07, 6.45) is 0. The minimum absolute atomic E-state index is 0. The summed E-state index contributed by atoms with van der Waals surface area (Å²) in [6, 6.07) is 14.2. The number of nitrogens with one attached hydrogen (secondary N) is 1. The highest BCUT2D eigenvalue weighted by Crippen LogP contribution is 2.27. The predicted octanol–water partition coefficient (Wildman–Crippen LogP) is 3.77. The molecule has 0 aromatic heterocycles. The van der Waals surface area contributed by atoms with Gasteiger partial charge < -0.3 is 20.5 Å². The second-order valence-electron chi connectivity index (χ2n) is 6.47. The first-order valence-corrected chi connectivity index (χ1v) is 9.65. The van der Waals surface area contributed by atoms with Gasteiger partial charge >= 0.3 is 0 Å². The molecule has 0 radical (unpaired) electrons. The van der Waals surface area contributed by atoms with Gasteiger partial charge in [0.25, 0.3) is 0 Å². The largest absolute Gasteiger partial charge is 0.493 e. The lowest BCUT2D eigenvalue weighted by atomic mass is 10.1. The molecule has 0 aliphatic rings. The molecule has 7 heteroatoms. The number of methoxy groups -OCH3 is 2. The van der Waals surface area contributed by atoms with E-state index in [-0.39, 0.29) is 24.0 Å². The van der Waals surface area contributed by atoms with Crippen LogP contribution in [0.4, 0.5) is 0 Å². The fourth-order valence-electron chi connectivity index (χ4n) is 2.97. The van der Waals surface area contributed by atoms with Gasteiger partial charge in [-0.25, -0.2) is 4.99 Å². The van der Waals surface area contributed by atoms with Gasteiger partial charge in [0, 0.05) is 13.1 Å². The smallest absolute Gasteiger partial charge is 0.189 e. The van der Waals surface area contributed by atoms with Crippen molar-refractivity contribution < 1.29 is 9.47 Å². The van der Waals surface area contributed by atoms with Crippen molar-refractivity contribution in [2.75, 3.05) is 27.3 Å². The molecule has 0 unspecified atom stereocenters. The van der Waals surface area contributed by atoms with Crippen molar-refractivity contribution in [3.63, 3.8) is 0 Å². The molecule has 160 valence electrons. The van der Waals surface area contributed by atoms with Crippen LogP contribution < -0.4 is 20.5 Å². The number of rotatable bonds is 10. The number of aliphatic imine (C=N–C) groups is 1. The number of guanidine groups is 1. The number of nitrogens with two attached hydrogens (primary N) is 1. The average molecular weight is 512 g/mol. The van der Waals surface area contributed by atoms with Crippen molar-refractivity contribution in [3.05, 3.63) is 59.2 Å². The van der Waals surface area contributed by atoms with Crippen LogP contribution in [0.3, 0.4) is 0 Å². The zero-order valence-electron chi connectivity index (χ0n) is 17.8. The molecular formula is C22H33IN4O2. The third-order valence-corrected chi connectivity index (χ3v) is 4.75. The Labute approximate surface area is 191 Å². The van der Waals surface area contributed by atoms with Gasteiger partial charge in [-0.3, -0.25) is 4.90 Å². The molecule has 2 aromatic carbocycles. The Bertz CT molecular complexity index is 779. The second-order valence-corrected chi connectivity index (χ2v) is 6.47. The van der Waals surface area contributed by atoms with Crippen LogP contribution in [0.5, 0.6) is 11.5 Å². The molecule has 0 heterocycles. The Morgan fingerprint density at radius 2 is 1.66 bits per heavy atom. The molecule has 3 N–H and O–H groups in total. The monoisotopic (exact) mass is 512 g/mol. The van der Waals surface area contributed by atoms with Gasteiger partial charge in [-0.2, -0.15) is 0 Å². The number of halogens is 1. The second kappa shape index (κ2) is 13.3. The van der Waals surface area contributed by atoms with Crippen molar-refractivity contribution in [2.45, 2.75) is 33.5 Å². The van der Waals surface area contributed by atoms with E-state index in [0.29, 0.717) is 30.5 Å². The molecule has 6 nitrogen and oxygen atoms in total. The van der Waals surface area contributed by atoms with E-state index in [2.05, 4.69) is 53.3 Å². The summed E-state index contributed by atoms with van der Waals surface area (Å²) in [4.78, 5) is 6.84. The van der Waals surface area contributed by atoms with Crippen LogP contribution in [0, 0.1) is 0 Å². The zero-order chi connectivity index (χ0) is 20.4. The first kappa shape index (κ1) is 25.0. The lowest BCUT2D eigenvalue weighted by molar-refractivity contribution is 0.295. The summed E-state index contributed by atoms with van der Waals surface area (Å²) in [5.74, 6) is 1.81. The third-order valence-electron chi connectivity index (χ3n) is 4.75. The fourth-order valence-corrected chi connectivity index (χ4v) is 2.97. The highest BCUT2D eigenvalue weighted by atomic mass is 127. The van der Waals surface area contributed by atoms with Crippen molar-refractivity contribution >= 4 is 29.9 Å². The molecule has 2 aromatic rings. The van der Waals surface area contributed by atoms with E-state index in [9.17, 15) is 0 Å². The van der Waals surface area contributed by atoms with Gasteiger partial charge in [0.05, 0.1) is 20.8 Å². The molecule has 0 aliphatic carbocycles. The molecule has 0 fully saturated rings. The number of ether oxygens (including phenoxy) is 2. The Morgan fingerprint density at radius 1 is 1.00 bits per heavy atom. The maximum atomic E-state index is 6.07. The lowest BCUT2D eigenvalue weighted by Crippen LogP contribution is -2.32. The van der Waals surface area contributed by atoms with E-state index >= 15 is 0 Å². The summed E-state index contributed by atoms with van der Waals surface area (Å²) in [6.45, 7) is 8.50. The van der Waals surface area contributed by atoms with Crippen LogP contribution in [0.25, 0.3) is 0 Å². The first-order valence-electron chi connectivity index (χ1n) is 9.65. The quantitative estimate of drug-likeness (QED) is 0.288. The van der Waals surface area contributed by atoms with Crippen LogP contribution in [-0.4, -0.2) is 38.2 Å². The topological polar surface area (TPSA) is 72.1 Å². The number of nitrogens with zero attached hydrogens (tertiary/aromatic N) is 2. The molecule has 2 rings (SSSR count). The molecule has 0 saturated carbocycles. The van der Waals surface area contributed by atoms with Crippen LogP contribution in [0.2, 0.25) is 0 Å². The van der Waals surface area contributed by atoms with Gasteiger partial charge in [-0.1, -0.05) is 44.2 Å². The van der Waals surface area contributed by atoms with E-state index in [4.69, 9.17) is 15.2 Å². The molecular weight excluding hydrogens is 479 g/mol. The summed E-state index contributed by atoms with van der Waals surface area (Å²) in [5, 5.41) is 3.22. The van der Waals surface area contributed by atoms with Crippen LogP contribution in [0.1, 0.15) is 30.5 Å². The Morgan fingerprint density at radius 3 is 2.28 bits per heavy atom. The van der Waals surface area contributed by atoms with Crippen LogP contribution in [0.15, 0.2) is 47.5 Å². The summed E-state index contributed by atoms with van der Waals surface area (Å²) < 4.78 is 10.6. The van der Waals surface area contributed by atoms with Crippen molar-refractivity contribution in [2.24, 2.45) is 10.7 Å². The van der Waals surface area contributed by atoms with Gasteiger partial charge in [0.1, 0.15) is 0 Å². The summed E-state index contributed by atoms with van der Waals surface area (Å²) in [7, 11) is 3.24. The van der Waals surface area contributed by atoms with E-state index in [0.717, 1.165) is 25.2 Å². The predicted molar refractivity (Wildman–Crippen MR) is 130 cm³/mol. The molecule has 0 amide bonds. The van der Waals surface area contributed by atoms with Crippen molar-refractivity contribution in [3.8, 4) is 11.5 Å². The normalized spacial score (nSPS) is 11.1. The van der Waals surface area contributed by atoms with Gasteiger partial charge in [-0.15, -0.1) is 24.0 Å². The standard InChI is InChI=1S/C22H32N4O2.HI/c1-5-26(6-2)16-19-10-8-7-9-18(19)15-25-22(23)24-14-17-11-12-20(27-3)21(13-17)28-4;/h7-13H,5-6,14-16H2,1-4H3,(H3,23,24,25);1H. The van der Waals surface area contributed by atoms with E-state index in [1.807, 2.05) is 18.2 Å². The van der Waals surface area contributed by atoms with E-state index in [1.165, 1.54) is 11.1 Å². The maximum Gasteiger partial charge on any atom is 0.189 e. The minimum atomic E-state index is 0. The zero-order valence-corrected chi connectivity index (χ0v) is 20.1. The SMILES string of the molecule is CCN(CC)Cc1ccccc1CNC(N)=NCc1ccc(OC)c(OC)c1.I. The van der Waals surface area contributed by atoms with Crippen LogP contribution >= 0.6 is 24.0 Å². The first-order chi connectivity index (χ1) is 13.6. The Hall–Kier alpha value is -2.00. The molecule has 0 saturated heterocycles. The third kappa shape index (κ3) is 7.74. The van der Waals surface area contributed by atoms with Gasteiger partial charge in [0.2, 0.25) is 0 Å². The van der Waals surface area contributed by atoms with E-state index in [1.54, 1.807) is 14.2 Å². The fraction of sp³-hybridized carbons (Fsp3) is 0.409. The molecule has 0 aliphatic heterocycles. The number of hydrogen-bond donors (Lipinski definition) is 2. The molecule has 0 atom stereocenters. The highest BCUT2D eigenvalue weighted by molar-refractivity contribution is 14.0. The number of benzene rings is 2. The molecule has 29 heavy (non-hydrogen) atoms. The maximum absolute atomic E-state index is 6.07. The minimum Gasteiger partial charge on any atom is -0.493 e. The molecule has 0 bridgehead atoms. The van der Waals surface area contributed by atoms with Crippen molar-refractivity contribution in [1.29, 1.82) is 0 Å². The summed E-state index contributed by atoms with van der Waals surface area (Å²) in [5.41, 5.74) is 9.62. The van der Waals surface area contributed by atoms with Gasteiger partial charge in [0.15, 0.2) is 17.5 Å². The lowest BCUT2D eigenvalue weighted by Gasteiger charge is -2.20. The van der Waals surface area contributed by atoms with Gasteiger partial charge in [-0.05, 0) is 41.9 Å². The van der Waals surface area contributed by atoms with E-state index < -0.39 is 0 Å². The summed E-state index contributed by atoms with van der Waals surface area (Å²) >= 11 is 0. The van der Waals surface area contributed by atoms with Crippen molar-refractivity contribution in [1.82, 2.24) is 10.2 Å². The number of hydrogen-bond acceptors (Lipinski definition) is 4. The van der Waals surface area contributed by atoms with Crippen LogP contribution in [-0.2, 0) is 19.6 Å². The highest BCUT2D eigenvalue weighted by Gasteiger charge is 2.07. The Balaban J connectivity index is 0.00000420. The average Bonchev–Trinajstić information content (AvgIpc) is 2.74.